The van der Waals surface area contributed by atoms with Crippen molar-refractivity contribution in [2.24, 2.45) is 0 Å². The molecule has 0 aliphatic carbocycles. The van der Waals surface area contributed by atoms with E-state index in [1.165, 1.54) is 0 Å². The largest absolute Gasteiger partial charge is 0.486 e. The minimum Gasteiger partial charge on any atom is -0.486 e. The topological polar surface area (TPSA) is 34.6 Å². The molecule has 1 aliphatic rings. The molecule has 0 atom stereocenters. The van der Waals surface area contributed by atoms with Crippen LogP contribution < -0.4 is 14.4 Å². The number of anilines is 1. The Labute approximate surface area is 122 Å². The second-order valence-electron chi connectivity index (χ2n) is 4.64. The van der Waals surface area contributed by atoms with Crippen LogP contribution >= 0.6 is 11.6 Å². The summed E-state index contributed by atoms with van der Waals surface area (Å²) in [6, 6.07) is 9.63. The van der Waals surface area contributed by atoms with E-state index in [0.717, 1.165) is 22.9 Å². The summed E-state index contributed by atoms with van der Waals surface area (Å²) in [5.41, 5.74) is 1.12. The fourth-order valence-corrected chi connectivity index (χ4v) is 2.46. The molecule has 0 amide bonds. The molecule has 1 aromatic carbocycles. The van der Waals surface area contributed by atoms with E-state index in [-0.39, 0.29) is 0 Å². The van der Waals surface area contributed by atoms with Gasteiger partial charge >= 0.3 is 0 Å². The van der Waals surface area contributed by atoms with Crippen LogP contribution in [-0.2, 0) is 6.54 Å². The Morgan fingerprint density at radius 1 is 1.20 bits per heavy atom. The van der Waals surface area contributed by atoms with Crippen LogP contribution in [0.25, 0.3) is 0 Å². The van der Waals surface area contributed by atoms with Crippen LogP contribution in [0.1, 0.15) is 5.56 Å². The minimum absolute atomic E-state index is 0.596. The zero-order valence-corrected chi connectivity index (χ0v) is 11.9. The van der Waals surface area contributed by atoms with E-state index >= 15 is 0 Å². The summed E-state index contributed by atoms with van der Waals surface area (Å²) < 4.78 is 11.1. The van der Waals surface area contributed by atoms with Gasteiger partial charge in [-0.05, 0) is 29.8 Å². The van der Waals surface area contributed by atoms with Crippen molar-refractivity contribution in [2.75, 3.05) is 25.2 Å². The highest BCUT2D eigenvalue weighted by Crippen LogP contribution is 2.31. The molecule has 0 spiro atoms. The molecule has 2 aromatic rings. The number of aromatic nitrogens is 1. The zero-order chi connectivity index (χ0) is 13.9. The minimum atomic E-state index is 0.596. The molecule has 1 aromatic heterocycles. The van der Waals surface area contributed by atoms with E-state index in [1.807, 2.05) is 42.3 Å². The Balaban J connectivity index is 1.79. The summed E-state index contributed by atoms with van der Waals surface area (Å²) in [7, 11) is 1.96. The van der Waals surface area contributed by atoms with Gasteiger partial charge in [-0.2, -0.15) is 0 Å². The smallest absolute Gasteiger partial charge is 0.161 e. The maximum absolute atomic E-state index is 6.15. The van der Waals surface area contributed by atoms with Crippen molar-refractivity contribution in [3.8, 4) is 11.5 Å². The predicted molar refractivity (Wildman–Crippen MR) is 78.8 cm³/mol. The summed E-state index contributed by atoms with van der Waals surface area (Å²) >= 11 is 6.15. The first kappa shape index (κ1) is 13.1. The summed E-state index contributed by atoms with van der Waals surface area (Å²) in [6.45, 7) is 1.90. The van der Waals surface area contributed by atoms with Gasteiger partial charge in [0.25, 0.3) is 0 Å². The Kier molecular flexibility index (Phi) is 3.65. The molecule has 0 unspecified atom stereocenters. The van der Waals surface area contributed by atoms with Crippen LogP contribution in [-0.4, -0.2) is 25.2 Å². The third kappa shape index (κ3) is 2.65. The van der Waals surface area contributed by atoms with E-state index in [4.69, 9.17) is 21.1 Å². The maximum atomic E-state index is 6.15. The van der Waals surface area contributed by atoms with Gasteiger partial charge in [-0.25, -0.2) is 4.98 Å². The first-order valence-corrected chi connectivity index (χ1v) is 6.82. The number of hydrogen-bond acceptors (Lipinski definition) is 4. The highest BCUT2D eigenvalue weighted by molar-refractivity contribution is 6.32. The van der Waals surface area contributed by atoms with Gasteiger partial charge in [0.05, 0.1) is 5.02 Å². The van der Waals surface area contributed by atoms with Gasteiger partial charge in [0, 0.05) is 19.8 Å². The molecule has 20 heavy (non-hydrogen) atoms. The molecule has 2 heterocycles. The standard InChI is InChI=1S/C15H15ClN2O2/c1-18(15-12(16)3-2-6-17-15)10-11-4-5-13-14(9-11)20-8-7-19-13/h2-6,9H,7-8,10H2,1H3. The molecular formula is C15H15ClN2O2. The van der Waals surface area contributed by atoms with Crippen molar-refractivity contribution >= 4 is 17.4 Å². The first-order chi connectivity index (χ1) is 9.74. The Hall–Kier alpha value is -1.94. The Bertz CT molecular complexity index is 619. The maximum Gasteiger partial charge on any atom is 0.161 e. The Morgan fingerprint density at radius 2 is 2.00 bits per heavy atom. The SMILES string of the molecule is CN(Cc1ccc2c(c1)OCCO2)c1ncccc1Cl. The molecule has 0 saturated carbocycles. The van der Waals surface area contributed by atoms with Gasteiger partial charge < -0.3 is 14.4 Å². The van der Waals surface area contributed by atoms with E-state index in [0.29, 0.717) is 24.8 Å². The van der Waals surface area contributed by atoms with Crippen LogP contribution in [0, 0.1) is 0 Å². The normalized spacial score (nSPS) is 13.1. The molecule has 0 fully saturated rings. The van der Waals surface area contributed by atoms with Crippen LogP contribution in [0.15, 0.2) is 36.5 Å². The summed E-state index contributed by atoms with van der Waals surface area (Å²) in [4.78, 5) is 6.31. The average Bonchev–Trinajstić information content (AvgIpc) is 2.47. The zero-order valence-electron chi connectivity index (χ0n) is 11.2. The molecule has 5 heteroatoms. The second kappa shape index (κ2) is 5.59. The predicted octanol–water partition coefficient (Wildman–Crippen LogP) is 3.14. The molecular weight excluding hydrogens is 276 g/mol. The van der Waals surface area contributed by atoms with Gasteiger partial charge in [0.2, 0.25) is 0 Å². The summed E-state index contributed by atoms with van der Waals surface area (Å²) in [6.07, 6.45) is 1.74. The Morgan fingerprint density at radius 3 is 2.80 bits per heavy atom. The summed E-state index contributed by atoms with van der Waals surface area (Å²) in [5.74, 6) is 2.37. The number of benzene rings is 1. The van der Waals surface area contributed by atoms with Crippen molar-refractivity contribution in [1.29, 1.82) is 0 Å². The van der Waals surface area contributed by atoms with Crippen LogP contribution in [0.3, 0.4) is 0 Å². The van der Waals surface area contributed by atoms with E-state index in [9.17, 15) is 0 Å². The quantitative estimate of drug-likeness (QED) is 0.870. The van der Waals surface area contributed by atoms with Gasteiger partial charge in [-0.15, -0.1) is 0 Å². The molecule has 0 radical (unpaired) electrons. The number of ether oxygens (including phenoxy) is 2. The monoisotopic (exact) mass is 290 g/mol. The molecule has 0 N–H and O–H groups in total. The van der Waals surface area contributed by atoms with Crippen LogP contribution in [0.5, 0.6) is 11.5 Å². The number of fused-ring (bicyclic) bond motifs is 1. The molecule has 1 aliphatic heterocycles. The van der Waals surface area contributed by atoms with Crippen molar-refractivity contribution in [3.05, 3.63) is 47.1 Å². The van der Waals surface area contributed by atoms with Crippen molar-refractivity contribution in [1.82, 2.24) is 4.98 Å². The highest BCUT2D eigenvalue weighted by atomic mass is 35.5. The number of rotatable bonds is 3. The molecule has 0 bridgehead atoms. The molecule has 3 rings (SSSR count). The van der Waals surface area contributed by atoms with Crippen molar-refractivity contribution in [3.63, 3.8) is 0 Å². The average molecular weight is 291 g/mol. The fourth-order valence-electron chi connectivity index (χ4n) is 2.19. The van der Waals surface area contributed by atoms with Crippen LogP contribution in [0.2, 0.25) is 5.02 Å². The van der Waals surface area contributed by atoms with Crippen LogP contribution in [0.4, 0.5) is 5.82 Å². The number of halogens is 1. The first-order valence-electron chi connectivity index (χ1n) is 6.44. The lowest BCUT2D eigenvalue weighted by atomic mass is 10.2. The van der Waals surface area contributed by atoms with Crippen molar-refractivity contribution in [2.45, 2.75) is 6.54 Å². The lowest BCUT2D eigenvalue weighted by Crippen LogP contribution is -2.19. The highest BCUT2D eigenvalue weighted by Gasteiger charge is 2.13. The number of pyridine rings is 1. The number of hydrogen-bond donors (Lipinski definition) is 0. The fraction of sp³-hybridized carbons (Fsp3) is 0.267. The van der Waals surface area contributed by atoms with E-state index in [2.05, 4.69) is 4.98 Å². The second-order valence-corrected chi connectivity index (χ2v) is 5.05. The third-order valence-corrected chi connectivity index (χ3v) is 3.42. The third-order valence-electron chi connectivity index (χ3n) is 3.13. The molecule has 104 valence electrons. The molecule has 0 saturated heterocycles. The number of nitrogens with zero attached hydrogens (tertiary/aromatic N) is 2. The van der Waals surface area contributed by atoms with E-state index < -0.39 is 0 Å². The molecule has 4 nitrogen and oxygen atoms in total. The van der Waals surface area contributed by atoms with E-state index in [1.54, 1.807) is 6.20 Å². The van der Waals surface area contributed by atoms with Crippen molar-refractivity contribution < 1.29 is 9.47 Å². The van der Waals surface area contributed by atoms with Gasteiger partial charge in [-0.1, -0.05) is 17.7 Å². The lowest BCUT2D eigenvalue weighted by molar-refractivity contribution is 0.171. The van der Waals surface area contributed by atoms with Gasteiger partial charge in [0.1, 0.15) is 19.0 Å². The lowest BCUT2D eigenvalue weighted by Gasteiger charge is -2.22. The summed E-state index contributed by atoms with van der Waals surface area (Å²) in [5, 5.41) is 0.646. The van der Waals surface area contributed by atoms with Gasteiger partial charge in [-0.3, -0.25) is 0 Å². The van der Waals surface area contributed by atoms with Gasteiger partial charge in [0.15, 0.2) is 11.5 Å².